The van der Waals surface area contributed by atoms with Gasteiger partial charge in [0, 0.05) is 6.21 Å². The van der Waals surface area contributed by atoms with Crippen LogP contribution in [0.2, 0.25) is 0 Å². The number of hydrogen-bond donors (Lipinski definition) is 5. The molecule has 0 amide bonds. The second-order valence-electron chi connectivity index (χ2n) is 5.61. The minimum absolute atomic E-state index is 0.122. The Bertz CT molecular complexity index is 494. The standard InChI is InChI=1S/C16H25NO5/c1-9-4-10(2)12(11(3)5-9)6-17-7-13(19)15(21)16(22)14(20)8-18/h4-6,13-16,18-22H,7-8H2,1-3H3/t13-,14+,15+,16+/m0/s1. The maximum Gasteiger partial charge on any atom is 0.111 e. The second kappa shape index (κ2) is 8.36. The normalized spacial score (nSPS) is 17.5. The SMILES string of the molecule is Cc1cc(C)c(C=NC[C@H](O)[C@@H](O)[C@H](O)[C@H](O)CO)c(C)c1. The van der Waals surface area contributed by atoms with Crippen molar-refractivity contribution >= 4 is 6.21 Å². The number of aliphatic hydroxyl groups is 5. The van der Waals surface area contributed by atoms with Gasteiger partial charge in [-0.15, -0.1) is 0 Å². The summed E-state index contributed by atoms with van der Waals surface area (Å²) in [7, 11) is 0. The van der Waals surface area contributed by atoms with Crippen molar-refractivity contribution in [2.24, 2.45) is 4.99 Å². The van der Waals surface area contributed by atoms with Crippen LogP contribution in [0.5, 0.6) is 0 Å². The molecule has 0 unspecified atom stereocenters. The van der Waals surface area contributed by atoms with E-state index in [2.05, 4.69) is 4.99 Å². The first kappa shape index (κ1) is 18.7. The van der Waals surface area contributed by atoms with Crippen LogP contribution in [0.3, 0.4) is 0 Å². The summed E-state index contributed by atoms with van der Waals surface area (Å²) in [5.74, 6) is 0. The number of aliphatic imine (C=N–C) groups is 1. The molecule has 0 aliphatic rings. The molecule has 1 aromatic rings. The molecule has 0 saturated carbocycles. The molecule has 0 fully saturated rings. The molecule has 6 heteroatoms. The molecule has 1 rings (SSSR count). The lowest BCUT2D eigenvalue weighted by Gasteiger charge is -2.24. The van der Waals surface area contributed by atoms with Crippen molar-refractivity contribution in [2.45, 2.75) is 45.2 Å². The molecule has 5 N–H and O–H groups in total. The Morgan fingerprint density at radius 2 is 1.45 bits per heavy atom. The lowest BCUT2D eigenvalue weighted by Crippen LogP contribution is -2.46. The van der Waals surface area contributed by atoms with E-state index in [9.17, 15) is 20.4 Å². The van der Waals surface area contributed by atoms with E-state index in [0.29, 0.717) is 0 Å². The number of nitrogens with zero attached hydrogens (tertiary/aromatic N) is 1. The van der Waals surface area contributed by atoms with Gasteiger partial charge >= 0.3 is 0 Å². The summed E-state index contributed by atoms with van der Waals surface area (Å²) in [5, 5.41) is 46.9. The van der Waals surface area contributed by atoms with Gasteiger partial charge in [-0.3, -0.25) is 4.99 Å². The highest BCUT2D eigenvalue weighted by Gasteiger charge is 2.29. The van der Waals surface area contributed by atoms with Gasteiger partial charge in [-0.1, -0.05) is 17.7 Å². The summed E-state index contributed by atoms with van der Waals surface area (Å²) in [4.78, 5) is 4.09. The molecule has 0 aromatic heterocycles. The Hall–Kier alpha value is -1.31. The Labute approximate surface area is 130 Å². The van der Waals surface area contributed by atoms with E-state index in [0.717, 1.165) is 22.3 Å². The number of aliphatic hydroxyl groups excluding tert-OH is 5. The lowest BCUT2D eigenvalue weighted by molar-refractivity contribution is -0.112. The van der Waals surface area contributed by atoms with Gasteiger partial charge in [0.2, 0.25) is 0 Å². The summed E-state index contributed by atoms with van der Waals surface area (Å²) in [5.41, 5.74) is 4.23. The van der Waals surface area contributed by atoms with Crippen molar-refractivity contribution in [2.75, 3.05) is 13.2 Å². The van der Waals surface area contributed by atoms with E-state index in [1.54, 1.807) is 6.21 Å². The molecule has 0 spiro atoms. The molecule has 0 aliphatic carbocycles. The molecule has 0 saturated heterocycles. The van der Waals surface area contributed by atoms with Crippen LogP contribution in [0.15, 0.2) is 17.1 Å². The van der Waals surface area contributed by atoms with E-state index in [1.165, 1.54) is 0 Å². The molecule has 22 heavy (non-hydrogen) atoms. The van der Waals surface area contributed by atoms with Gasteiger partial charge in [0.1, 0.15) is 24.4 Å². The topological polar surface area (TPSA) is 114 Å². The van der Waals surface area contributed by atoms with Gasteiger partial charge in [0.05, 0.1) is 13.2 Å². The highest BCUT2D eigenvalue weighted by atomic mass is 16.4. The summed E-state index contributed by atoms with van der Waals surface area (Å²) < 4.78 is 0. The Morgan fingerprint density at radius 1 is 0.955 bits per heavy atom. The molecular formula is C16H25NO5. The van der Waals surface area contributed by atoms with Gasteiger partial charge in [-0.2, -0.15) is 0 Å². The highest BCUT2D eigenvalue weighted by molar-refractivity contribution is 5.83. The zero-order valence-electron chi connectivity index (χ0n) is 13.1. The Morgan fingerprint density at radius 3 is 1.95 bits per heavy atom. The maximum atomic E-state index is 9.78. The van der Waals surface area contributed by atoms with Crippen LogP contribution in [0.25, 0.3) is 0 Å². The molecule has 1 aromatic carbocycles. The van der Waals surface area contributed by atoms with Crippen LogP contribution < -0.4 is 0 Å². The number of rotatable bonds is 7. The van der Waals surface area contributed by atoms with Crippen LogP contribution >= 0.6 is 0 Å². The quantitative estimate of drug-likeness (QED) is 0.434. The third kappa shape index (κ3) is 4.86. The van der Waals surface area contributed by atoms with Crippen LogP contribution in [-0.4, -0.2) is 69.3 Å². The predicted octanol–water partition coefficient (Wildman–Crippen LogP) is -0.533. The Kier molecular flexibility index (Phi) is 7.12. The molecule has 4 atom stereocenters. The van der Waals surface area contributed by atoms with Crippen LogP contribution in [-0.2, 0) is 0 Å². The predicted molar refractivity (Wildman–Crippen MR) is 84.2 cm³/mol. The average Bonchev–Trinajstić information content (AvgIpc) is 2.47. The fraction of sp³-hybridized carbons (Fsp3) is 0.562. The van der Waals surface area contributed by atoms with Crippen molar-refractivity contribution in [1.82, 2.24) is 0 Å². The number of hydrogen-bond acceptors (Lipinski definition) is 6. The zero-order valence-corrected chi connectivity index (χ0v) is 13.1. The average molecular weight is 311 g/mol. The summed E-state index contributed by atoms with van der Waals surface area (Å²) in [6.45, 7) is 5.12. The van der Waals surface area contributed by atoms with E-state index in [1.807, 2.05) is 32.9 Å². The highest BCUT2D eigenvalue weighted by Crippen LogP contribution is 2.14. The van der Waals surface area contributed by atoms with Crippen molar-refractivity contribution in [3.8, 4) is 0 Å². The summed E-state index contributed by atoms with van der Waals surface area (Å²) >= 11 is 0. The second-order valence-corrected chi connectivity index (χ2v) is 5.61. The lowest BCUT2D eigenvalue weighted by atomic mass is 10.0. The number of benzene rings is 1. The van der Waals surface area contributed by atoms with E-state index >= 15 is 0 Å². The first-order chi connectivity index (χ1) is 10.3. The van der Waals surface area contributed by atoms with Crippen LogP contribution in [0.4, 0.5) is 0 Å². The van der Waals surface area contributed by atoms with Gasteiger partial charge in [-0.05, 0) is 37.5 Å². The van der Waals surface area contributed by atoms with Gasteiger partial charge in [0.15, 0.2) is 0 Å². The van der Waals surface area contributed by atoms with Gasteiger partial charge in [-0.25, -0.2) is 0 Å². The largest absolute Gasteiger partial charge is 0.394 e. The third-order valence-corrected chi connectivity index (χ3v) is 3.58. The van der Waals surface area contributed by atoms with Crippen molar-refractivity contribution in [3.63, 3.8) is 0 Å². The summed E-state index contributed by atoms with van der Waals surface area (Å²) in [6.07, 6.45) is -4.43. The van der Waals surface area contributed by atoms with Gasteiger partial charge < -0.3 is 25.5 Å². The fourth-order valence-corrected chi connectivity index (χ4v) is 2.32. The van der Waals surface area contributed by atoms with Crippen LogP contribution in [0, 0.1) is 20.8 Å². The molecule has 0 heterocycles. The van der Waals surface area contributed by atoms with Gasteiger partial charge in [0.25, 0.3) is 0 Å². The fourth-order valence-electron chi connectivity index (χ4n) is 2.32. The molecule has 0 aliphatic heterocycles. The molecule has 124 valence electrons. The minimum Gasteiger partial charge on any atom is -0.394 e. The number of aryl methyl sites for hydroxylation is 3. The van der Waals surface area contributed by atoms with E-state index in [-0.39, 0.29) is 6.54 Å². The first-order valence-electron chi connectivity index (χ1n) is 7.18. The third-order valence-electron chi connectivity index (χ3n) is 3.58. The maximum absolute atomic E-state index is 9.78. The van der Waals surface area contributed by atoms with Crippen molar-refractivity contribution in [1.29, 1.82) is 0 Å². The first-order valence-corrected chi connectivity index (χ1v) is 7.18. The monoisotopic (exact) mass is 311 g/mol. The molecule has 6 nitrogen and oxygen atoms in total. The minimum atomic E-state index is -1.63. The molecule has 0 bridgehead atoms. The van der Waals surface area contributed by atoms with E-state index < -0.39 is 31.0 Å². The van der Waals surface area contributed by atoms with E-state index in [4.69, 9.17) is 5.11 Å². The zero-order chi connectivity index (χ0) is 16.9. The summed E-state index contributed by atoms with van der Waals surface area (Å²) in [6, 6.07) is 4.06. The Balaban J connectivity index is 2.69. The van der Waals surface area contributed by atoms with Crippen molar-refractivity contribution in [3.05, 3.63) is 34.4 Å². The van der Waals surface area contributed by atoms with Crippen molar-refractivity contribution < 1.29 is 25.5 Å². The van der Waals surface area contributed by atoms with Crippen LogP contribution in [0.1, 0.15) is 22.3 Å². The smallest absolute Gasteiger partial charge is 0.111 e. The molecular weight excluding hydrogens is 286 g/mol. The molecule has 0 radical (unpaired) electrons.